The van der Waals surface area contributed by atoms with Gasteiger partial charge in [0, 0.05) is 18.1 Å². The van der Waals surface area contributed by atoms with Gasteiger partial charge in [0.15, 0.2) is 5.01 Å². The molecule has 1 amide bonds. The number of rotatable bonds is 4. The van der Waals surface area contributed by atoms with Gasteiger partial charge in [-0.25, -0.2) is 9.37 Å². The molecule has 0 radical (unpaired) electrons. The molecule has 1 heterocycles. The van der Waals surface area contributed by atoms with E-state index in [0.29, 0.717) is 23.5 Å². The predicted octanol–water partition coefficient (Wildman–Crippen LogP) is 2.25. The van der Waals surface area contributed by atoms with Crippen LogP contribution in [0.15, 0.2) is 35.8 Å². The molecule has 3 nitrogen and oxygen atoms in total. The van der Waals surface area contributed by atoms with Gasteiger partial charge in [-0.3, -0.25) is 4.79 Å². The summed E-state index contributed by atoms with van der Waals surface area (Å²) in [5.41, 5.74) is 0.604. The van der Waals surface area contributed by atoms with E-state index in [1.165, 1.54) is 17.4 Å². The number of hydrogen-bond donors (Lipinski definition) is 1. The number of halogens is 1. The third-order valence-electron chi connectivity index (χ3n) is 2.26. The Bertz CT molecular complexity index is 499. The molecule has 0 saturated heterocycles. The average Bonchev–Trinajstić information content (AvgIpc) is 2.85. The predicted molar refractivity (Wildman–Crippen MR) is 64.6 cm³/mol. The molecule has 0 unspecified atom stereocenters. The monoisotopic (exact) mass is 250 g/mol. The summed E-state index contributed by atoms with van der Waals surface area (Å²) in [6.45, 7) is 0.402. The maximum atomic E-state index is 13.3. The second-order valence-electron chi connectivity index (χ2n) is 3.43. The summed E-state index contributed by atoms with van der Waals surface area (Å²) < 4.78 is 13.3. The zero-order valence-corrected chi connectivity index (χ0v) is 9.84. The quantitative estimate of drug-likeness (QED) is 0.904. The Morgan fingerprint density at radius 1 is 1.41 bits per heavy atom. The molecule has 0 aliphatic heterocycles. The first-order valence-electron chi connectivity index (χ1n) is 5.18. The molecule has 1 aromatic carbocycles. The smallest absolute Gasteiger partial charge is 0.280 e. The highest BCUT2D eigenvalue weighted by atomic mass is 32.1. The van der Waals surface area contributed by atoms with Crippen LogP contribution in [0.2, 0.25) is 0 Å². The Hall–Kier alpha value is -1.75. The fraction of sp³-hybridized carbons (Fsp3) is 0.167. The van der Waals surface area contributed by atoms with Crippen molar-refractivity contribution in [1.29, 1.82) is 0 Å². The zero-order valence-electron chi connectivity index (χ0n) is 9.02. The van der Waals surface area contributed by atoms with E-state index < -0.39 is 0 Å². The highest BCUT2D eigenvalue weighted by Gasteiger charge is 2.07. The number of nitrogens with one attached hydrogen (secondary N) is 1. The van der Waals surface area contributed by atoms with Crippen molar-refractivity contribution >= 4 is 17.2 Å². The molecule has 1 N–H and O–H groups in total. The van der Waals surface area contributed by atoms with Gasteiger partial charge in [0.05, 0.1) is 0 Å². The molecule has 0 bridgehead atoms. The van der Waals surface area contributed by atoms with E-state index in [9.17, 15) is 9.18 Å². The molecule has 0 aliphatic carbocycles. The van der Waals surface area contributed by atoms with E-state index in [1.54, 1.807) is 29.8 Å². The molecule has 1 aromatic heterocycles. The van der Waals surface area contributed by atoms with Crippen molar-refractivity contribution in [2.45, 2.75) is 6.42 Å². The average molecular weight is 250 g/mol. The van der Waals surface area contributed by atoms with E-state index in [2.05, 4.69) is 10.3 Å². The van der Waals surface area contributed by atoms with Crippen LogP contribution >= 0.6 is 11.3 Å². The molecule has 2 aromatic rings. The lowest BCUT2D eigenvalue weighted by molar-refractivity contribution is 0.0953. The maximum absolute atomic E-state index is 13.3. The minimum atomic E-state index is -0.240. The van der Waals surface area contributed by atoms with Crippen molar-refractivity contribution in [1.82, 2.24) is 10.3 Å². The van der Waals surface area contributed by atoms with Crippen LogP contribution in [0, 0.1) is 5.82 Å². The van der Waals surface area contributed by atoms with E-state index >= 15 is 0 Å². The molecule has 88 valence electrons. The first kappa shape index (κ1) is 11.7. The van der Waals surface area contributed by atoms with Crippen LogP contribution in [0.5, 0.6) is 0 Å². The maximum Gasteiger partial charge on any atom is 0.280 e. The fourth-order valence-corrected chi connectivity index (χ4v) is 1.97. The van der Waals surface area contributed by atoms with Gasteiger partial charge in [-0.15, -0.1) is 11.3 Å². The van der Waals surface area contributed by atoms with Gasteiger partial charge in [-0.05, 0) is 18.1 Å². The van der Waals surface area contributed by atoms with Crippen LogP contribution in [0.4, 0.5) is 4.39 Å². The Balaban J connectivity index is 1.84. The van der Waals surface area contributed by atoms with Crippen LogP contribution < -0.4 is 5.32 Å². The summed E-state index contributed by atoms with van der Waals surface area (Å²) in [6, 6.07) is 6.55. The number of benzene rings is 1. The van der Waals surface area contributed by atoms with E-state index in [1.807, 2.05) is 0 Å². The van der Waals surface area contributed by atoms with Crippen LogP contribution in [0.1, 0.15) is 15.4 Å². The van der Waals surface area contributed by atoms with E-state index in [-0.39, 0.29) is 11.7 Å². The lowest BCUT2D eigenvalue weighted by atomic mass is 10.1. The lowest BCUT2D eigenvalue weighted by Crippen LogP contribution is -2.25. The second-order valence-corrected chi connectivity index (χ2v) is 4.33. The number of nitrogens with zero attached hydrogens (tertiary/aromatic N) is 1. The van der Waals surface area contributed by atoms with Crippen molar-refractivity contribution in [3.63, 3.8) is 0 Å². The Kier molecular flexibility index (Phi) is 3.82. The van der Waals surface area contributed by atoms with Crippen LogP contribution in [0.25, 0.3) is 0 Å². The summed E-state index contributed by atoms with van der Waals surface area (Å²) in [4.78, 5) is 15.4. The third-order valence-corrected chi connectivity index (χ3v) is 3.04. The van der Waals surface area contributed by atoms with E-state index in [0.717, 1.165) is 0 Å². The Morgan fingerprint density at radius 3 is 2.94 bits per heavy atom. The minimum absolute atomic E-state index is 0.212. The molecule has 0 saturated carbocycles. The second kappa shape index (κ2) is 5.54. The fourth-order valence-electron chi connectivity index (χ4n) is 1.42. The SMILES string of the molecule is O=C(NCCc1ccccc1F)c1nccs1. The van der Waals surface area contributed by atoms with Gasteiger partial charge in [0.1, 0.15) is 5.82 Å². The highest BCUT2D eigenvalue weighted by Crippen LogP contribution is 2.07. The molecule has 0 atom stereocenters. The summed E-state index contributed by atoms with van der Waals surface area (Å²) in [7, 11) is 0. The van der Waals surface area contributed by atoms with Gasteiger partial charge >= 0.3 is 0 Å². The highest BCUT2D eigenvalue weighted by molar-refractivity contribution is 7.11. The standard InChI is InChI=1S/C12H11FN2OS/c13-10-4-2-1-3-9(10)5-6-14-11(16)12-15-7-8-17-12/h1-4,7-8H,5-6H2,(H,14,16). The van der Waals surface area contributed by atoms with Crippen molar-refractivity contribution in [2.75, 3.05) is 6.54 Å². The summed E-state index contributed by atoms with van der Waals surface area (Å²) in [5.74, 6) is -0.452. The third kappa shape index (κ3) is 3.10. The van der Waals surface area contributed by atoms with Crippen molar-refractivity contribution in [2.24, 2.45) is 0 Å². The molecule has 2 rings (SSSR count). The van der Waals surface area contributed by atoms with Crippen molar-refractivity contribution in [3.8, 4) is 0 Å². The molecule has 0 spiro atoms. The molecule has 17 heavy (non-hydrogen) atoms. The lowest BCUT2D eigenvalue weighted by Gasteiger charge is -2.04. The summed E-state index contributed by atoms with van der Waals surface area (Å²) in [5, 5.41) is 4.87. The Morgan fingerprint density at radius 2 is 2.24 bits per heavy atom. The first-order chi connectivity index (χ1) is 8.27. The number of aromatic nitrogens is 1. The summed E-state index contributed by atoms with van der Waals surface area (Å²) in [6.07, 6.45) is 2.06. The van der Waals surface area contributed by atoms with Crippen LogP contribution in [0.3, 0.4) is 0 Å². The van der Waals surface area contributed by atoms with Gasteiger partial charge in [-0.1, -0.05) is 18.2 Å². The number of carbonyl (C=O) groups is 1. The van der Waals surface area contributed by atoms with Crippen LogP contribution in [-0.2, 0) is 6.42 Å². The molecule has 5 heteroatoms. The van der Waals surface area contributed by atoms with Gasteiger partial charge < -0.3 is 5.32 Å². The van der Waals surface area contributed by atoms with Crippen molar-refractivity contribution < 1.29 is 9.18 Å². The van der Waals surface area contributed by atoms with Gasteiger partial charge in [0.2, 0.25) is 0 Å². The zero-order chi connectivity index (χ0) is 12.1. The molecule has 0 fully saturated rings. The van der Waals surface area contributed by atoms with E-state index in [4.69, 9.17) is 0 Å². The van der Waals surface area contributed by atoms with Crippen LogP contribution in [-0.4, -0.2) is 17.4 Å². The largest absolute Gasteiger partial charge is 0.350 e. The molecular weight excluding hydrogens is 239 g/mol. The van der Waals surface area contributed by atoms with Gasteiger partial charge in [0.25, 0.3) is 5.91 Å². The first-order valence-corrected chi connectivity index (χ1v) is 6.06. The van der Waals surface area contributed by atoms with Crippen molar-refractivity contribution in [3.05, 3.63) is 52.2 Å². The number of thiazole rings is 1. The summed E-state index contributed by atoms with van der Waals surface area (Å²) >= 11 is 1.28. The normalized spacial score (nSPS) is 10.2. The van der Waals surface area contributed by atoms with Gasteiger partial charge in [-0.2, -0.15) is 0 Å². The number of carbonyl (C=O) groups excluding carboxylic acids is 1. The number of hydrogen-bond acceptors (Lipinski definition) is 3. The topological polar surface area (TPSA) is 42.0 Å². The molecule has 0 aliphatic rings. The Labute approximate surface area is 102 Å². The minimum Gasteiger partial charge on any atom is -0.350 e. The number of amides is 1. The molecular formula is C12H11FN2OS.